The number of pyridine rings is 1. The maximum absolute atomic E-state index is 13.4. The smallest absolute Gasteiger partial charge is 0.266 e. The van der Waals surface area contributed by atoms with Crippen LogP contribution >= 0.6 is 0 Å². The van der Waals surface area contributed by atoms with Crippen LogP contribution in [0.4, 0.5) is 5.69 Å². The van der Waals surface area contributed by atoms with Crippen LogP contribution in [0.3, 0.4) is 0 Å². The van der Waals surface area contributed by atoms with Gasteiger partial charge in [0.2, 0.25) is 5.91 Å². The molecule has 0 radical (unpaired) electrons. The minimum absolute atomic E-state index is 0.0309. The summed E-state index contributed by atoms with van der Waals surface area (Å²) in [6, 6.07) is 15.5. The zero-order chi connectivity index (χ0) is 20.8. The average molecular weight is 403 g/mol. The number of aromatic amines is 1. The molecule has 1 aliphatic heterocycles. The van der Waals surface area contributed by atoms with Gasteiger partial charge in [0, 0.05) is 50.6 Å². The second kappa shape index (κ2) is 9.35. The quantitative estimate of drug-likeness (QED) is 0.684. The maximum atomic E-state index is 13.4. The van der Waals surface area contributed by atoms with E-state index < -0.39 is 0 Å². The lowest BCUT2D eigenvalue weighted by Crippen LogP contribution is -2.42. The number of benzene rings is 1. The first-order valence-electron chi connectivity index (χ1n) is 10.2. The molecule has 7 nitrogen and oxygen atoms in total. The number of carbonyl (C=O) groups is 1. The highest BCUT2D eigenvalue weighted by Crippen LogP contribution is 2.25. The molecule has 3 heterocycles. The lowest BCUT2D eigenvalue weighted by atomic mass is 9.94. The minimum Gasteiger partial charge on any atom is -0.370 e. The Morgan fingerprint density at radius 1 is 1.03 bits per heavy atom. The van der Waals surface area contributed by atoms with Gasteiger partial charge in [0.1, 0.15) is 0 Å². The largest absolute Gasteiger partial charge is 0.370 e. The van der Waals surface area contributed by atoms with Gasteiger partial charge in [-0.25, -0.2) is 5.10 Å². The highest BCUT2D eigenvalue weighted by molar-refractivity contribution is 5.79. The van der Waals surface area contributed by atoms with Crippen molar-refractivity contribution in [3.63, 3.8) is 0 Å². The summed E-state index contributed by atoms with van der Waals surface area (Å²) >= 11 is 0. The Morgan fingerprint density at radius 3 is 2.47 bits per heavy atom. The third-order valence-corrected chi connectivity index (χ3v) is 5.48. The number of H-pyrrole nitrogens is 1. The fraction of sp³-hybridized carbons (Fsp3) is 0.304. The fourth-order valence-corrected chi connectivity index (χ4v) is 3.91. The molecule has 0 aliphatic carbocycles. The van der Waals surface area contributed by atoms with Gasteiger partial charge in [0.15, 0.2) is 0 Å². The number of rotatable bonds is 6. The first kappa shape index (κ1) is 19.8. The molecular weight excluding hydrogens is 378 g/mol. The van der Waals surface area contributed by atoms with Crippen molar-refractivity contribution in [2.24, 2.45) is 5.92 Å². The first-order chi connectivity index (χ1) is 14.7. The molecule has 1 aromatic carbocycles. The van der Waals surface area contributed by atoms with Crippen molar-refractivity contribution in [1.29, 1.82) is 0 Å². The number of carbonyl (C=O) groups excluding carboxylic acids is 1. The van der Waals surface area contributed by atoms with Crippen LogP contribution in [0.1, 0.15) is 24.0 Å². The number of nitrogens with one attached hydrogen (secondary N) is 1. The molecule has 1 amide bonds. The molecule has 0 atom stereocenters. The Balaban J connectivity index is 1.45. The molecule has 0 unspecified atom stereocenters. The maximum Gasteiger partial charge on any atom is 0.266 e. The molecule has 1 saturated heterocycles. The molecule has 1 fully saturated rings. The highest BCUT2D eigenvalue weighted by atomic mass is 16.2. The van der Waals surface area contributed by atoms with Crippen LogP contribution in [0.2, 0.25) is 0 Å². The van der Waals surface area contributed by atoms with Gasteiger partial charge in [-0.1, -0.05) is 36.4 Å². The van der Waals surface area contributed by atoms with Crippen molar-refractivity contribution >= 4 is 11.6 Å². The van der Waals surface area contributed by atoms with E-state index in [1.165, 1.54) is 0 Å². The van der Waals surface area contributed by atoms with Crippen LogP contribution in [0, 0.1) is 5.92 Å². The fourth-order valence-electron chi connectivity index (χ4n) is 3.91. The van der Waals surface area contributed by atoms with Crippen LogP contribution in [-0.4, -0.2) is 39.1 Å². The van der Waals surface area contributed by atoms with E-state index in [9.17, 15) is 9.59 Å². The normalized spacial score (nSPS) is 14.5. The van der Waals surface area contributed by atoms with Crippen molar-refractivity contribution < 1.29 is 4.79 Å². The molecule has 0 bridgehead atoms. The number of anilines is 1. The van der Waals surface area contributed by atoms with E-state index in [1.54, 1.807) is 18.5 Å². The molecule has 7 heteroatoms. The van der Waals surface area contributed by atoms with Crippen molar-refractivity contribution in [1.82, 2.24) is 20.1 Å². The summed E-state index contributed by atoms with van der Waals surface area (Å²) in [6.45, 7) is 2.58. The lowest BCUT2D eigenvalue weighted by molar-refractivity contribution is -0.137. The second-order valence-electron chi connectivity index (χ2n) is 7.61. The molecule has 1 N–H and O–H groups in total. The highest BCUT2D eigenvalue weighted by Gasteiger charge is 2.29. The monoisotopic (exact) mass is 403 g/mol. The van der Waals surface area contributed by atoms with E-state index in [0.29, 0.717) is 13.1 Å². The number of hydrogen-bond donors (Lipinski definition) is 1. The summed E-state index contributed by atoms with van der Waals surface area (Å²) in [5.74, 6) is 0.142. The Hall–Kier alpha value is -3.48. The number of piperidine rings is 1. The number of hydrogen-bond acceptors (Lipinski definition) is 5. The minimum atomic E-state index is -0.212. The Morgan fingerprint density at radius 2 is 1.77 bits per heavy atom. The number of nitrogens with zero attached hydrogens (tertiary/aromatic N) is 4. The number of aromatic nitrogens is 3. The predicted octanol–water partition coefficient (Wildman–Crippen LogP) is 2.61. The van der Waals surface area contributed by atoms with Crippen molar-refractivity contribution in [3.8, 4) is 0 Å². The molecule has 154 valence electrons. The van der Waals surface area contributed by atoms with E-state index >= 15 is 0 Å². The van der Waals surface area contributed by atoms with Gasteiger partial charge < -0.3 is 9.80 Å². The molecule has 0 spiro atoms. The van der Waals surface area contributed by atoms with Crippen LogP contribution in [0.25, 0.3) is 0 Å². The molecule has 2 aromatic heterocycles. The van der Waals surface area contributed by atoms with Gasteiger partial charge in [-0.2, -0.15) is 5.10 Å². The Kier molecular flexibility index (Phi) is 6.17. The number of amides is 1. The zero-order valence-electron chi connectivity index (χ0n) is 16.8. The Labute approximate surface area is 175 Å². The molecule has 4 rings (SSSR count). The van der Waals surface area contributed by atoms with Gasteiger partial charge in [-0.3, -0.25) is 14.6 Å². The summed E-state index contributed by atoms with van der Waals surface area (Å²) in [6.07, 6.45) is 6.72. The standard InChI is InChI=1S/C23H25N5O2/c29-22-13-21(15-25-26-22)27-11-8-20(9-12-27)23(30)28(16-18-5-2-1-3-6-18)17-19-7-4-10-24-14-19/h1-7,10,13-15,20H,8-9,11-12,16-17H2,(H,26,29). The van der Waals surface area contributed by atoms with Gasteiger partial charge >= 0.3 is 0 Å². The predicted molar refractivity (Wildman–Crippen MR) is 115 cm³/mol. The van der Waals surface area contributed by atoms with Gasteiger partial charge in [-0.15, -0.1) is 0 Å². The van der Waals surface area contributed by atoms with Crippen LogP contribution in [0.5, 0.6) is 0 Å². The van der Waals surface area contributed by atoms with E-state index in [4.69, 9.17) is 0 Å². The van der Waals surface area contributed by atoms with Gasteiger partial charge in [0.05, 0.1) is 11.9 Å². The molecular formula is C23H25N5O2. The van der Waals surface area contributed by atoms with Gasteiger partial charge in [-0.05, 0) is 30.0 Å². The van der Waals surface area contributed by atoms with Crippen molar-refractivity contribution in [2.75, 3.05) is 18.0 Å². The zero-order valence-corrected chi connectivity index (χ0v) is 16.8. The van der Waals surface area contributed by atoms with Crippen LogP contribution < -0.4 is 10.5 Å². The summed E-state index contributed by atoms with van der Waals surface area (Å²) in [7, 11) is 0. The molecule has 30 heavy (non-hydrogen) atoms. The third kappa shape index (κ3) is 4.92. The lowest BCUT2D eigenvalue weighted by Gasteiger charge is -2.35. The summed E-state index contributed by atoms with van der Waals surface area (Å²) < 4.78 is 0. The molecule has 3 aromatic rings. The summed E-state index contributed by atoms with van der Waals surface area (Å²) in [4.78, 5) is 33.2. The summed E-state index contributed by atoms with van der Waals surface area (Å²) in [5, 5.41) is 6.28. The summed E-state index contributed by atoms with van der Waals surface area (Å²) in [5.41, 5.74) is 2.73. The molecule has 0 saturated carbocycles. The van der Waals surface area contributed by atoms with E-state index in [-0.39, 0.29) is 17.4 Å². The SMILES string of the molecule is O=C(C1CCN(c2cn[nH]c(=O)c2)CC1)N(Cc1ccccc1)Cc1cccnc1. The third-order valence-electron chi connectivity index (χ3n) is 5.48. The topological polar surface area (TPSA) is 82.2 Å². The van der Waals surface area contributed by atoms with Crippen molar-refractivity contribution in [2.45, 2.75) is 25.9 Å². The van der Waals surface area contributed by atoms with E-state index in [2.05, 4.69) is 20.1 Å². The van der Waals surface area contributed by atoms with Crippen LogP contribution in [0.15, 0.2) is 71.9 Å². The van der Waals surface area contributed by atoms with E-state index in [1.807, 2.05) is 53.6 Å². The van der Waals surface area contributed by atoms with Crippen LogP contribution in [-0.2, 0) is 17.9 Å². The van der Waals surface area contributed by atoms with Crippen molar-refractivity contribution in [3.05, 3.63) is 88.6 Å². The van der Waals surface area contributed by atoms with E-state index in [0.717, 1.165) is 42.7 Å². The first-order valence-corrected chi connectivity index (χ1v) is 10.2. The second-order valence-corrected chi connectivity index (χ2v) is 7.61. The molecule has 1 aliphatic rings. The average Bonchev–Trinajstić information content (AvgIpc) is 2.80. The Bertz CT molecular complexity index is 973. The van der Waals surface area contributed by atoms with Gasteiger partial charge in [0.25, 0.3) is 5.56 Å².